The van der Waals surface area contributed by atoms with E-state index >= 15 is 0 Å². The molecule has 1 aromatic rings. The third-order valence-corrected chi connectivity index (χ3v) is 6.80. The Morgan fingerprint density at radius 1 is 1.23 bits per heavy atom. The average molecular weight is 414 g/mol. The molecule has 0 saturated heterocycles. The largest absolute Gasteiger partial charge is 0.338 e. The summed E-state index contributed by atoms with van der Waals surface area (Å²) in [5, 5.41) is 16.7. The first-order valence-corrected chi connectivity index (χ1v) is 10.5. The van der Waals surface area contributed by atoms with E-state index in [0.29, 0.717) is 18.9 Å². The Morgan fingerprint density at radius 2 is 2.00 bits per heavy atom. The molecule has 2 aliphatic carbocycles. The van der Waals surface area contributed by atoms with Crippen molar-refractivity contribution >= 4 is 23.5 Å². The average Bonchev–Trinajstić information content (AvgIpc) is 3.41. The Labute approximate surface area is 174 Å². The molecular weight excluding hydrogens is 388 g/mol. The van der Waals surface area contributed by atoms with Crippen LogP contribution in [-0.4, -0.2) is 46.8 Å². The maximum absolute atomic E-state index is 12.4. The van der Waals surface area contributed by atoms with Gasteiger partial charge in [0.25, 0.3) is 17.5 Å². The summed E-state index contributed by atoms with van der Waals surface area (Å²) in [7, 11) is 0. The summed E-state index contributed by atoms with van der Waals surface area (Å²) in [6.45, 7) is 2.52. The minimum atomic E-state index is -0.596. The summed E-state index contributed by atoms with van der Waals surface area (Å²) >= 11 is 0. The topological polar surface area (TPSA) is 122 Å². The highest BCUT2D eigenvalue weighted by atomic mass is 16.6. The number of rotatable bonds is 7. The van der Waals surface area contributed by atoms with Gasteiger partial charge in [-0.25, -0.2) is 4.79 Å². The van der Waals surface area contributed by atoms with Crippen molar-refractivity contribution in [1.82, 2.24) is 15.5 Å². The monoisotopic (exact) mass is 414 g/mol. The number of hydrogen-bond acceptors (Lipinski definition) is 5. The molecule has 0 spiro atoms. The highest BCUT2D eigenvalue weighted by Crippen LogP contribution is 2.49. The predicted octanol–water partition coefficient (Wildman–Crippen LogP) is 2.70. The molecule has 1 heterocycles. The molecule has 4 atom stereocenters. The molecule has 9 heteroatoms. The summed E-state index contributed by atoms with van der Waals surface area (Å²) in [5.74, 6) is 1.12. The van der Waals surface area contributed by atoms with Crippen LogP contribution in [-0.2, 0) is 0 Å². The van der Waals surface area contributed by atoms with Crippen LogP contribution in [0.15, 0.2) is 18.2 Å². The van der Waals surface area contributed by atoms with Crippen molar-refractivity contribution in [1.29, 1.82) is 0 Å². The number of benzene rings is 1. The first-order chi connectivity index (χ1) is 14.3. The fraction of sp³-hybridized carbons (Fsp3) is 0.571. The van der Waals surface area contributed by atoms with E-state index in [1.807, 2.05) is 0 Å². The minimum Gasteiger partial charge on any atom is -0.338 e. The Morgan fingerprint density at radius 3 is 2.67 bits per heavy atom. The predicted molar refractivity (Wildman–Crippen MR) is 108 cm³/mol. The number of carbonyl (C=O) groups excluding carboxylic acids is 3. The van der Waals surface area contributed by atoms with Crippen molar-refractivity contribution in [2.45, 2.75) is 45.1 Å². The Hall–Kier alpha value is -2.97. The van der Waals surface area contributed by atoms with Crippen molar-refractivity contribution < 1.29 is 19.3 Å². The maximum Gasteiger partial charge on any atom is 0.315 e. The van der Waals surface area contributed by atoms with Crippen LogP contribution < -0.4 is 10.6 Å². The number of hydrogen-bond donors (Lipinski definition) is 2. The number of non-ortho nitro benzene ring substituents is 1. The molecular formula is C21H26N4O5. The molecule has 2 saturated carbocycles. The van der Waals surface area contributed by atoms with E-state index < -0.39 is 16.7 Å². The number of amides is 4. The summed E-state index contributed by atoms with van der Waals surface area (Å²) in [6, 6.07) is 3.57. The van der Waals surface area contributed by atoms with Crippen LogP contribution in [0.5, 0.6) is 0 Å². The van der Waals surface area contributed by atoms with Gasteiger partial charge in [0.05, 0.1) is 16.1 Å². The molecule has 2 N–H and O–H groups in total. The molecule has 1 aliphatic heterocycles. The maximum atomic E-state index is 12.4. The number of imide groups is 1. The highest BCUT2D eigenvalue weighted by Gasteiger charge is 2.42. The molecule has 9 nitrogen and oxygen atoms in total. The van der Waals surface area contributed by atoms with Gasteiger partial charge in [0.2, 0.25) is 0 Å². The summed E-state index contributed by atoms with van der Waals surface area (Å²) in [4.78, 5) is 48.4. The number of carbonyl (C=O) groups is 3. The lowest BCUT2D eigenvalue weighted by atomic mass is 9.84. The molecule has 1 aromatic carbocycles. The van der Waals surface area contributed by atoms with Crippen LogP contribution >= 0.6 is 0 Å². The van der Waals surface area contributed by atoms with Crippen molar-refractivity contribution in [2.75, 3.05) is 13.1 Å². The van der Waals surface area contributed by atoms with Crippen molar-refractivity contribution in [3.63, 3.8) is 0 Å². The Balaban J connectivity index is 1.22. The molecule has 160 valence electrons. The number of fused-ring (bicyclic) bond motifs is 3. The standard InChI is InChI=1S/C21H26N4O5/c1-12(17-10-13-3-4-14(17)9-13)23-21(28)22-7-2-8-24-19(26)16-6-5-15(25(29)30)11-18(16)20(24)27/h5-6,11-14,17H,2-4,7-10H2,1H3,(H2,22,23,28). The first kappa shape index (κ1) is 20.3. The third kappa shape index (κ3) is 3.76. The van der Waals surface area contributed by atoms with E-state index in [0.717, 1.165) is 22.8 Å². The lowest BCUT2D eigenvalue weighted by Crippen LogP contribution is -2.45. The second-order valence-electron chi connectivity index (χ2n) is 8.63. The zero-order valence-electron chi connectivity index (χ0n) is 16.9. The summed E-state index contributed by atoms with van der Waals surface area (Å²) in [5.41, 5.74) is 0.00951. The molecule has 4 rings (SSSR count). The van der Waals surface area contributed by atoms with Crippen LogP contribution in [0.25, 0.3) is 0 Å². The molecule has 2 bridgehead atoms. The summed E-state index contributed by atoms with van der Waals surface area (Å²) < 4.78 is 0. The van der Waals surface area contributed by atoms with Gasteiger partial charge in [-0.2, -0.15) is 0 Å². The van der Waals surface area contributed by atoms with E-state index in [4.69, 9.17) is 0 Å². The van der Waals surface area contributed by atoms with Crippen molar-refractivity contribution in [3.05, 3.63) is 39.4 Å². The van der Waals surface area contributed by atoms with Crippen molar-refractivity contribution in [3.8, 4) is 0 Å². The smallest absolute Gasteiger partial charge is 0.315 e. The molecule has 3 aliphatic rings. The van der Waals surface area contributed by atoms with Crippen LogP contribution in [0.2, 0.25) is 0 Å². The fourth-order valence-electron chi connectivity index (χ4n) is 5.31. The van der Waals surface area contributed by atoms with E-state index in [-0.39, 0.29) is 35.4 Å². The van der Waals surface area contributed by atoms with Crippen LogP contribution in [0, 0.1) is 27.9 Å². The minimum absolute atomic E-state index is 0.0552. The number of nitro groups is 1. The number of urea groups is 1. The van der Waals surface area contributed by atoms with E-state index in [1.165, 1.54) is 37.8 Å². The zero-order valence-corrected chi connectivity index (χ0v) is 16.9. The van der Waals surface area contributed by atoms with E-state index in [2.05, 4.69) is 17.6 Å². The first-order valence-electron chi connectivity index (χ1n) is 10.5. The lowest BCUT2D eigenvalue weighted by molar-refractivity contribution is -0.384. The highest BCUT2D eigenvalue weighted by molar-refractivity contribution is 6.21. The molecule has 4 amide bonds. The van der Waals surface area contributed by atoms with Gasteiger partial charge in [-0.15, -0.1) is 0 Å². The van der Waals surface area contributed by atoms with Gasteiger partial charge in [-0.05, 0) is 56.4 Å². The molecule has 4 unspecified atom stereocenters. The van der Waals surface area contributed by atoms with Gasteiger partial charge in [0.1, 0.15) is 0 Å². The van der Waals surface area contributed by atoms with Gasteiger partial charge in [0.15, 0.2) is 0 Å². The lowest BCUT2D eigenvalue weighted by Gasteiger charge is -2.28. The SMILES string of the molecule is CC(NC(=O)NCCCN1C(=O)c2ccc([N+](=O)[O-])cc2C1=O)C1CC2CCC1C2. The normalized spacial score (nSPS) is 25.4. The number of nitrogens with one attached hydrogen (secondary N) is 2. The van der Waals surface area contributed by atoms with E-state index in [1.54, 1.807) is 0 Å². The van der Waals surface area contributed by atoms with Crippen LogP contribution in [0.4, 0.5) is 10.5 Å². The molecule has 30 heavy (non-hydrogen) atoms. The van der Waals surface area contributed by atoms with E-state index in [9.17, 15) is 24.5 Å². The molecule has 0 aromatic heterocycles. The molecule has 0 radical (unpaired) electrons. The fourth-order valence-corrected chi connectivity index (χ4v) is 5.31. The van der Waals surface area contributed by atoms with Crippen molar-refractivity contribution in [2.24, 2.45) is 17.8 Å². The zero-order chi connectivity index (χ0) is 21.4. The van der Waals surface area contributed by atoms with Crippen LogP contribution in [0.1, 0.15) is 59.7 Å². The van der Waals surface area contributed by atoms with Gasteiger partial charge in [-0.1, -0.05) is 6.42 Å². The van der Waals surface area contributed by atoms with Gasteiger partial charge in [0, 0.05) is 31.3 Å². The Kier molecular flexibility index (Phi) is 5.44. The molecule has 2 fully saturated rings. The third-order valence-electron chi connectivity index (χ3n) is 6.80. The van der Waals surface area contributed by atoms with Gasteiger partial charge < -0.3 is 10.6 Å². The van der Waals surface area contributed by atoms with Crippen LogP contribution in [0.3, 0.4) is 0 Å². The number of nitrogens with zero attached hydrogens (tertiary/aromatic N) is 2. The quantitative estimate of drug-likeness (QED) is 0.307. The Bertz CT molecular complexity index is 901. The second kappa shape index (κ2) is 8.04. The summed E-state index contributed by atoms with van der Waals surface area (Å²) in [6.07, 6.45) is 5.49. The second-order valence-corrected chi connectivity index (χ2v) is 8.63. The van der Waals surface area contributed by atoms with Gasteiger partial charge in [-0.3, -0.25) is 24.6 Å². The van der Waals surface area contributed by atoms with Gasteiger partial charge >= 0.3 is 6.03 Å². The number of nitro benzene ring substituents is 1.